The van der Waals surface area contributed by atoms with Gasteiger partial charge in [0.15, 0.2) is 5.78 Å². The van der Waals surface area contributed by atoms with Crippen LogP contribution in [0, 0.1) is 0 Å². The van der Waals surface area contributed by atoms with Crippen LogP contribution in [-0.2, 0) is 16.0 Å². The lowest BCUT2D eigenvalue weighted by molar-refractivity contribution is -0.132. The van der Waals surface area contributed by atoms with E-state index >= 15 is 0 Å². The second-order valence-electron chi connectivity index (χ2n) is 5.33. The fourth-order valence-corrected chi connectivity index (χ4v) is 2.69. The molecule has 2 nitrogen and oxygen atoms in total. The molecule has 0 bridgehead atoms. The molecule has 1 unspecified atom stereocenters. The highest BCUT2D eigenvalue weighted by Crippen LogP contribution is 2.29. The zero-order valence-electron chi connectivity index (χ0n) is 11.9. The quantitative estimate of drug-likeness (QED) is 0.686. The van der Waals surface area contributed by atoms with E-state index in [9.17, 15) is 4.79 Å². The Labute approximate surface area is 116 Å². The standard InChI is InChI=1S/C17H24O2/c1-2-3-4-5-6-11-16(18)17-15-10-8-7-9-14(15)12-13-19-17/h7-10,17H,2-6,11-13H2,1H3. The Morgan fingerprint density at radius 2 is 2.00 bits per heavy atom. The summed E-state index contributed by atoms with van der Waals surface area (Å²) in [4.78, 5) is 12.3. The molecule has 0 saturated carbocycles. The van der Waals surface area contributed by atoms with Crippen LogP contribution in [0.15, 0.2) is 24.3 Å². The Morgan fingerprint density at radius 1 is 1.21 bits per heavy atom. The molecule has 1 heterocycles. The first-order chi connectivity index (χ1) is 9.33. The van der Waals surface area contributed by atoms with Crippen molar-refractivity contribution in [3.63, 3.8) is 0 Å². The molecule has 0 fully saturated rings. The fourth-order valence-electron chi connectivity index (χ4n) is 2.69. The van der Waals surface area contributed by atoms with Gasteiger partial charge in [0.1, 0.15) is 6.10 Å². The van der Waals surface area contributed by atoms with Gasteiger partial charge in [0, 0.05) is 6.42 Å². The minimum Gasteiger partial charge on any atom is -0.365 e. The van der Waals surface area contributed by atoms with Crippen molar-refractivity contribution in [2.45, 2.75) is 58.0 Å². The van der Waals surface area contributed by atoms with Crippen molar-refractivity contribution in [3.05, 3.63) is 35.4 Å². The van der Waals surface area contributed by atoms with Crippen molar-refractivity contribution < 1.29 is 9.53 Å². The van der Waals surface area contributed by atoms with E-state index in [4.69, 9.17) is 4.74 Å². The summed E-state index contributed by atoms with van der Waals surface area (Å²) in [5.41, 5.74) is 2.37. The molecule has 0 N–H and O–H groups in total. The van der Waals surface area contributed by atoms with Crippen LogP contribution in [0.25, 0.3) is 0 Å². The number of ketones is 1. The summed E-state index contributed by atoms with van der Waals surface area (Å²) in [6, 6.07) is 8.18. The van der Waals surface area contributed by atoms with Gasteiger partial charge in [0.2, 0.25) is 0 Å². The minimum atomic E-state index is -0.309. The zero-order chi connectivity index (χ0) is 13.5. The molecule has 104 valence electrons. The number of rotatable bonds is 7. The number of benzene rings is 1. The second-order valence-corrected chi connectivity index (χ2v) is 5.33. The maximum absolute atomic E-state index is 12.3. The monoisotopic (exact) mass is 260 g/mol. The van der Waals surface area contributed by atoms with Gasteiger partial charge in [-0.05, 0) is 24.0 Å². The first kappa shape index (κ1) is 14.3. The van der Waals surface area contributed by atoms with Gasteiger partial charge in [-0.15, -0.1) is 0 Å². The van der Waals surface area contributed by atoms with Crippen LogP contribution in [0.5, 0.6) is 0 Å². The van der Waals surface area contributed by atoms with Crippen LogP contribution in [0.4, 0.5) is 0 Å². The Bertz CT molecular complexity index is 411. The van der Waals surface area contributed by atoms with Crippen molar-refractivity contribution >= 4 is 5.78 Å². The SMILES string of the molecule is CCCCCCCC(=O)C1OCCc2ccccc21. The van der Waals surface area contributed by atoms with E-state index in [1.54, 1.807) is 0 Å². The molecule has 2 heteroatoms. The predicted molar refractivity (Wildman–Crippen MR) is 77.2 cm³/mol. The predicted octanol–water partition coefficient (Wildman–Crippen LogP) is 4.23. The third-order valence-electron chi connectivity index (χ3n) is 3.81. The van der Waals surface area contributed by atoms with Crippen LogP contribution < -0.4 is 0 Å². The Hall–Kier alpha value is -1.15. The number of unbranched alkanes of at least 4 members (excludes halogenated alkanes) is 4. The number of hydrogen-bond acceptors (Lipinski definition) is 2. The molecule has 0 radical (unpaired) electrons. The number of ether oxygens (including phenoxy) is 1. The van der Waals surface area contributed by atoms with Gasteiger partial charge in [-0.2, -0.15) is 0 Å². The molecule has 1 aliphatic rings. The molecule has 1 aromatic carbocycles. The lowest BCUT2D eigenvalue weighted by Gasteiger charge is -2.25. The van der Waals surface area contributed by atoms with Crippen molar-refractivity contribution in [3.8, 4) is 0 Å². The van der Waals surface area contributed by atoms with E-state index in [-0.39, 0.29) is 11.9 Å². The van der Waals surface area contributed by atoms with Gasteiger partial charge in [0.25, 0.3) is 0 Å². The van der Waals surface area contributed by atoms with Gasteiger partial charge in [0.05, 0.1) is 6.61 Å². The molecule has 1 atom stereocenters. The average molecular weight is 260 g/mol. The van der Waals surface area contributed by atoms with Gasteiger partial charge in [-0.3, -0.25) is 4.79 Å². The normalized spacial score (nSPS) is 18.1. The molecule has 1 aromatic rings. The van der Waals surface area contributed by atoms with Crippen LogP contribution in [-0.4, -0.2) is 12.4 Å². The van der Waals surface area contributed by atoms with Crippen molar-refractivity contribution in [2.75, 3.05) is 6.61 Å². The Morgan fingerprint density at radius 3 is 2.84 bits per heavy atom. The first-order valence-corrected chi connectivity index (χ1v) is 7.55. The molecule has 1 aliphatic heterocycles. The van der Waals surface area contributed by atoms with Crippen molar-refractivity contribution in [1.29, 1.82) is 0 Å². The highest BCUT2D eigenvalue weighted by Gasteiger charge is 2.26. The van der Waals surface area contributed by atoms with E-state index in [0.29, 0.717) is 13.0 Å². The van der Waals surface area contributed by atoms with Gasteiger partial charge in [-0.1, -0.05) is 56.9 Å². The van der Waals surface area contributed by atoms with Crippen LogP contribution in [0.2, 0.25) is 0 Å². The summed E-state index contributed by atoms with van der Waals surface area (Å²) in [5, 5.41) is 0. The molecular weight excluding hydrogens is 236 g/mol. The molecule has 0 amide bonds. The topological polar surface area (TPSA) is 26.3 Å². The van der Waals surface area contributed by atoms with Crippen LogP contribution >= 0.6 is 0 Å². The summed E-state index contributed by atoms with van der Waals surface area (Å²) in [5.74, 6) is 0.253. The Kier molecular flexibility index (Phi) is 5.59. The third kappa shape index (κ3) is 3.90. The summed E-state index contributed by atoms with van der Waals surface area (Å²) in [6.07, 6.45) is 7.19. The molecule has 0 aliphatic carbocycles. The van der Waals surface area contributed by atoms with Crippen LogP contribution in [0.1, 0.15) is 62.7 Å². The van der Waals surface area contributed by atoms with E-state index in [1.807, 2.05) is 18.2 Å². The zero-order valence-corrected chi connectivity index (χ0v) is 11.9. The van der Waals surface area contributed by atoms with Crippen LogP contribution in [0.3, 0.4) is 0 Å². The Balaban J connectivity index is 1.86. The number of hydrogen-bond donors (Lipinski definition) is 0. The third-order valence-corrected chi connectivity index (χ3v) is 3.81. The number of carbonyl (C=O) groups excluding carboxylic acids is 1. The smallest absolute Gasteiger partial charge is 0.166 e. The maximum atomic E-state index is 12.3. The highest BCUT2D eigenvalue weighted by molar-refractivity contribution is 5.84. The summed E-state index contributed by atoms with van der Waals surface area (Å²) < 4.78 is 5.69. The number of Topliss-reactive ketones (excluding diaryl/α,β-unsaturated/α-hetero) is 1. The minimum absolute atomic E-state index is 0.253. The molecule has 0 saturated heterocycles. The van der Waals surface area contributed by atoms with E-state index < -0.39 is 0 Å². The summed E-state index contributed by atoms with van der Waals surface area (Å²) >= 11 is 0. The summed E-state index contributed by atoms with van der Waals surface area (Å²) in [6.45, 7) is 2.88. The summed E-state index contributed by atoms with van der Waals surface area (Å²) in [7, 11) is 0. The van der Waals surface area contributed by atoms with E-state index in [0.717, 1.165) is 24.8 Å². The number of fused-ring (bicyclic) bond motifs is 1. The molecular formula is C17H24O2. The maximum Gasteiger partial charge on any atom is 0.166 e. The van der Waals surface area contributed by atoms with Gasteiger partial charge < -0.3 is 4.74 Å². The van der Waals surface area contributed by atoms with Gasteiger partial charge in [-0.25, -0.2) is 0 Å². The molecule has 19 heavy (non-hydrogen) atoms. The van der Waals surface area contributed by atoms with E-state index in [2.05, 4.69) is 13.0 Å². The van der Waals surface area contributed by atoms with Gasteiger partial charge >= 0.3 is 0 Å². The van der Waals surface area contributed by atoms with Crippen molar-refractivity contribution in [1.82, 2.24) is 0 Å². The molecule has 2 rings (SSSR count). The molecule has 0 aromatic heterocycles. The lowest BCUT2D eigenvalue weighted by atomic mass is 9.93. The van der Waals surface area contributed by atoms with Crippen molar-refractivity contribution in [2.24, 2.45) is 0 Å². The first-order valence-electron chi connectivity index (χ1n) is 7.55. The highest BCUT2D eigenvalue weighted by atomic mass is 16.5. The average Bonchev–Trinajstić information content (AvgIpc) is 2.46. The van der Waals surface area contributed by atoms with E-state index in [1.165, 1.54) is 24.8 Å². The second kappa shape index (κ2) is 7.44. The molecule has 0 spiro atoms. The largest absolute Gasteiger partial charge is 0.365 e. The fraction of sp³-hybridized carbons (Fsp3) is 0.588. The number of carbonyl (C=O) groups is 1. The lowest BCUT2D eigenvalue weighted by Crippen LogP contribution is -2.23.